The van der Waals surface area contributed by atoms with E-state index in [1.807, 2.05) is 0 Å². The van der Waals surface area contributed by atoms with E-state index < -0.39 is 5.60 Å². The van der Waals surface area contributed by atoms with E-state index in [0.29, 0.717) is 5.75 Å². The Morgan fingerprint density at radius 1 is 1.33 bits per heavy atom. The highest BCUT2D eigenvalue weighted by molar-refractivity contribution is 5.86. The summed E-state index contributed by atoms with van der Waals surface area (Å²) in [7, 11) is 0. The van der Waals surface area contributed by atoms with E-state index in [4.69, 9.17) is 4.74 Å². The maximum Gasteiger partial charge on any atom is 0.275 e. The van der Waals surface area contributed by atoms with Crippen LogP contribution in [0.2, 0.25) is 0 Å². The van der Waals surface area contributed by atoms with Crippen molar-refractivity contribution in [2.45, 2.75) is 19.4 Å². The molecule has 94 valence electrons. The lowest BCUT2D eigenvalue weighted by atomic mass is 10.1. The van der Waals surface area contributed by atoms with Gasteiger partial charge in [0, 0.05) is 12.4 Å². The quantitative estimate of drug-likeness (QED) is 0.838. The molecule has 0 fully saturated rings. The highest BCUT2D eigenvalue weighted by Gasteiger charge is 2.31. The van der Waals surface area contributed by atoms with E-state index >= 15 is 0 Å². The highest BCUT2D eigenvalue weighted by Crippen LogP contribution is 2.20. The average Bonchev–Trinajstić information content (AvgIpc) is 2.84. The third-order valence-corrected chi connectivity index (χ3v) is 2.44. The van der Waals surface area contributed by atoms with Crippen molar-refractivity contribution in [3.8, 4) is 5.75 Å². The summed E-state index contributed by atoms with van der Waals surface area (Å²) < 4.78 is 19.7. The molecule has 0 aliphatic rings. The number of nitrogens with zero attached hydrogens (tertiary/aromatic N) is 2. The Labute approximate surface area is 104 Å². The minimum absolute atomic E-state index is 0.246. The predicted molar refractivity (Wildman–Crippen MR) is 64.0 cm³/mol. The number of hydrogen-bond acceptors (Lipinski definition) is 3. The number of carbonyl (C=O) groups is 1. The molecule has 0 atom stereocenters. The van der Waals surface area contributed by atoms with Crippen molar-refractivity contribution < 1.29 is 13.9 Å². The molecule has 0 radical (unpaired) electrons. The number of ether oxygens (including phenoxy) is 1. The van der Waals surface area contributed by atoms with Crippen LogP contribution in [0.25, 0.3) is 0 Å². The number of hydrogen-bond donors (Lipinski definition) is 0. The van der Waals surface area contributed by atoms with Gasteiger partial charge in [0.05, 0.1) is 0 Å². The monoisotopic (exact) mass is 248 g/mol. The number of benzene rings is 1. The van der Waals surface area contributed by atoms with Gasteiger partial charge in [0.25, 0.3) is 5.91 Å². The van der Waals surface area contributed by atoms with Crippen LogP contribution < -0.4 is 4.74 Å². The molecule has 2 aromatic rings. The van der Waals surface area contributed by atoms with Gasteiger partial charge in [0.2, 0.25) is 0 Å². The molecule has 2 rings (SSSR count). The Morgan fingerprint density at radius 3 is 2.56 bits per heavy atom. The van der Waals surface area contributed by atoms with E-state index in [0.717, 1.165) is 0 Å². The first-order valence-corrected chi connectivity index (χ1v) is 5.46. The minimum Gasteiger partial charge on any atom is -0.478 e. The van der Waals surface area contributed by atoms with Crippen LogP contribution in [0.4, 0.5) is 4.39 Å². The van der Waals surface area contributed by atoms with Crippen LogP contribution in [0.15, 0.2) is 43.0 Å². The van der Waals surface area contributed by atoms with E-state index in [1.54, 1.807) is 20.0 Å². The second kappa shape index (κ2) is 4.60. The van der Waals surface area contributed by atoms with Gasteiger partial charge >= 0.3 is 0 Å². The average molecular weight is 248 g/mol. The zero-order valence-corrected chi connectivity index (χ0v) is 10.1. The van der Waals surface area contributed by atoms with Crippen molar-refractivity contribution in [3.05, 3.63) is 48.8 Å². The molecule has 1 aromatic carbocycles. The van der Waals surface area contributed by atoms with E-state index in [-0.39, 0.29) is 11.7 Å². The lowest BCUT2D eigenvalue weighted by molar-refractivity contribution is 0.0487. The maximum absolute atomic E-state index is 12.8. The summed E-state index contributed by atoms with van der Waals surface area (Å²) in [6.45, 7) is 3.30. The summed E-state index contributed by atoms with van der Waals surface area (Å²) in [4.78, 5) is 15.9. The number of imidazole rings is 1. The van der Waals surface area contributed by atoms with Crippen molar-refractivity contribution in [2.75, 3.05) is 0 Å². The molecule has 0 bridgehead atoms. The normalized spacial score (nSPS) is 11.3. The zero-order chi connectivity index (χ0) is 13.2. The molecule has 0 amide bonds. The number of carbonyl (C=O) groups excluding carboxylic acids is 1. The van der Waals surface area contributed by atoms with Gasteiger partial charge in [-0.15, -0.1) is 0 Å². The van der Waals surface area contributed by atoms with Crippen LogP contribution in [0.3, 0.4) is 0 Å². The van der Waals surface area contributed by atoms with Crippen LogP contribution in [0, 0.1) is 5.82 Å². The number of rotatable bonds is 3. The summed E-state index contributed by atoms with van der Waals surface area (Å²) in [5, 5.41) is 0. The molecule has 0 N–H and O–H groups in total. The maximum atomic E-state index is 12.8. The molecule has 4 nitrogen and oxygen atoms in total. The summed E-state index contributed by atoms with van der Waals surface area (Å²) in [6, 6.07) is 5.54. The van der Waals surface area contributed by atoms with Crippen molar-refractivity contribution in [2.24, 2.45) is 0 Å². The minimum atomic E-state index is -1.06. The zero-order valence-electron chi connectivity index (χ0n) is 10.1. The molecule has 18 heavy (non-hydrogen) atoms. The Hall–Kier alpha value is -2.17. The standard InChI is InChI=1S/C13H13FN2O2/c1-13(2,12(17)16-8-7-15-9-16)18-11-5-3-10(14)4-6-11/h3-9H,1-2H3. The lowest BCUT2D eigenvalue weighted by Crippen LogP contribution is -2.41. The van der Waals surface area contributed by atoms with Crippen molar-refractivity contribution in [3.63, 3.8) is 0 Å². The molecule has 0 aliphatic heterocycles. The van der Waals surface area contributed by atoms with Gasteiger partial charge in [0.1, 0.15) is 17.9 Å². The van der Waals surface area contributed by atoms with Crippen LogP contribution in [-0.2, 0) is 0 Å². The van der Waals surface area contributed by atoms with Gasteiger partial charge in [-0.05, 0) is 38.1 Å². The molecule has 0 aliphatic carbocycles. The third kappa shape index (κ3) is 2.56. The first kappa shape index (κ1) is 12.3. The Bertz CT molecular complexity index is 533. The predicted octanol–water partition coefficient (Wildman–Crippen LogP) is 2.52. The molecule has 0 unspecified atom stereocenters. The first-order valence-electron chi connectivity index (χ1n) is 5.46. The van der Waals surface area contributed by atoms with Gasteiger partial charge in [-0.1, -0.05) is 0 Å². The molecule has 0 spiro atoms. The summed E-state index contributed by atoms with van der Waals surface area (Å²) in [5.74, 6) is -0.153. The van der Waals surface area contributed by atoms with Gasteiger partial charge in [0.15, 0.2) is 5.60 Å². The van der Waals surface area contributed by atoms with Gasteiger partial charge < -0.3 is 4.74 Å². The molecule has 5 heteroatoms. The fourth-order valence-electron chi connectivity index (χ4n) is 1.53. The van der Waals surface area contributed by atoms with Crippen LogP contribution in [0.1, 0.15) is 18.6 Å². The molecule has 0 saturated heterocycles. The number of halogens is 1. The lowest BCUT2D eigenvalue weighted by Gasteiger charge is -2.24. The highest BCUT2D eigenvalue weighted by atomic mass is 19.1. The topological polar surface area (TPSA) is 44.1 Å². The molecular weight excluding hydrogens is 235 g/mol. The second-order valence-electron chi connectivity index (χ2n) is 4.34. The van der Waals surface area contributed by atoms with Crippen LogP contribution in [-0.4, -0.2) is 21.1 Å². The van der Waals surface area contributed by atoms with E-state index in [1.165, 1.54) is 41.4 Å². The summed E-state index contributed by atoms with van der Waals surface area (Å²) in [5.41, 5.74) is -1.06. The van der Waals surface area contributed by atoms with Gasteiger partial charge in [-0.2, -0.15) is 0 Å². The Balaban J connectivity index is 2.16. The van der Waals surface area contributed by atoms with Crippen LogP contribution in [0.5, 0.6) is 5.75 Å². The fraction of sp³-hybridized carbons (Fsp3) is 0.231. The Kier molecular flexibility index (Phi) is 3.14. The molecule has 1 aromatic heterocycles. The summed E-state index contributed by atoms with van der Waals surface area (Å²) >= 11 is 0. The first-order chi connectivity index (χ1) is 8.49. The molecule has 0 saturated carbocycles. The molecular formula is C13H13FN2O2. The molecule has 1 heterocycles. The van der Waals surface area contributed by atoms with Gasteiger partial charge in [-0.25, -0.2) is 9.37 Å². The smallest absolute Gasteiger partial charge is 0.275 e. The van der Waals surface area contributed by atoms with E-state index in [9.17, 15) is 9.18 Å². The fourth-order valence-corrected chi connectivity index (χ4v) is 1.53. The number of aromatic nitrogens is 2. The van der Waals surface area contributed by atoms with Crippen molar-refractivity contribution >= 4 is 5.91 Å². The van der Waals surface area contributed by atoms with Gasteiger partial charge in [-0.3, -0.25) is 9.36 Å². The SMILES string of the molecule is CC(C)(Oc1ccc(F)cc1)C(=O)n1ccnc1. The van der Waals surface area contributed by atoms with Crippen LogP contribution >= 0.6 is 0 Å². The third-order valence-electron chi connectivity index (χ3n) is 2.44. The Morgan fingerprint density at radius 2 is 2.00 bits per heavy atom. The largest absolute Gasteiger partial charge is 0.478 e. The van der Waals surface area contributed by atoms with E-state index in [2.05, 4.69) is 4.98 Å². The summed E-state index contributed by atoms with van der Waals surface area (Å²) in [6.07, 6.45) is 4.49. The van der Waals surface area contributed by atoms with Crippen molar-refractivity contribution in [1.82, 2.24) is 9.55 Å². The van der Waals surface area contributed by atoms with Crippen molar-refractivity contribution in [1.29, 1.82) is 0 Å². The second-order valence-corrected chi connectivity index (χ2v) is 4.34.